The van der Waals surface area contributed by atoms with Crippen LogP contribution >= 0.6 is 0 Å². The lowest BCUT2D eigenvalue weighted by atomic mass is 10.0. The summed E-state index contributed by atoms with van der Waals surface area (Å²) in [5, 5.41) is 0. The van der Waals surface area contributed by atoms with Crippen LogP contribution in [0.2, 0.25) is 0 Å². The van der Waals surface area contributed by atoms with Gasteiger partial charge in [0.2, 0.25) is 0 Å². The summed E-state index contributed by atoms with van der Waals surface area (Å²) < 4.78 is 0. The Bertz CT molecular complexity index is 565. The summed E-state index contributed by atoms with van der Waals surface area (Å²) in [6.07, 6.45) is 4.18. The number of aromatic nitrogens is 1. The molecule has 0 saturated carbocycles. The van der Waals surface area contributed by atoms with E-state index in [9.17, 15) is 0 Å². The molecule has 0 fully saturated rings. The first-order valence-corrected chi connectivity index (χ1v) is 7.71. The van der Waals surface area contributed by atoms with Crippen molar-refractivity contribution in [3.63, 3.8) is 0 Å². The zero-order valence-electron chi connectivity index (χ0n) is 12.6. The molecule has 2 heterocycles. The normalized spacial score (nSPS) is 17.0. The van der Waals surface area contributed by atoms with E-state index in [1.54, 1.807) is 0 Å². The van der Waals surface area contributed by atoms with E-state index in [-0.39, 0.29) is 6.04 Å². The molecule has 0 amide bonds. The van der Waals surface area contributed by atoms with Gasteiger partial charge in [-0.3, -0.25) is 9.88 Å². The van der Waals surface area contributed by atoms with Gasteiger partial charge in [-0.05, 0) is 42.5 Å². The zero-order valence-corrected chi connectivity index (χ0v) is 12.6. The summed E-state index contributed by atoms with van der Waals surface area (Å²) in [7, 11) is 0. The van der Waals surface area contributed by atoms with Gasteiger partial charge in [0, 0.05) is 37.6 Å². The van der Waals surface area contributed by atoms with E-state index < -0.39 is 0 Å². The Morgan fingerprint density at radius 2 is 1.76 bits per heavy atom. The number of rotatable bonds is 3. The Kier molecular flexibility index (Phi) is 4.32. The molecule has 0 saturated heterocycles. The molecule has 0 aliphatic carbocycles. The monoisotopic (exact) mass is 281 g/mol. The average molecular weight is 281 g/mol. The second-order valence-electron chi connectivity index (χ2n) is 5.79. The molecule has 1 aliphatic rings. The fourth-order valence-corrected chi connectivity index (χ4v) is 3.17. The number of aryl methyl sites for hydroxylation is 1. The zero-order chi connectivity index (χ0) is 14.7. The Hall–Kier alpha value is -1.71. The molecule has 0 radical (unpaired) electrons. The van der Waals surface area contributed by atoms with E-state index in [4.69, 9.17) is 5.73 Å². The molecule has 1 aromatic heterocycles. The third kappa shape index (κ3) is 3.14. The highest BCUT2D eigenvalue weighted by molar-refractivity contribution is 5.29. The van der Waals surface area contributed by atoms with Crippen LogP contribution in [0.1, 0.15) is 28.4 Å². The lowest BCUT2D eigenvalue weighted by Gasteiger charge is -2.29. The van der Waals surface area contributed by atoms with Crippen LogP contribution in [0.5, 0.6) is 0 Å². The van der Waals surface area contributed by atoms with E-state index in [0.29, 0.717) is 6.54 Å². The summed E-state index contributed by atoms with van der Waals surface area (Å²) in [5.74, 6) is 0. The van der Waals surface area contributed by atoms with E-state index in [0.717, 1.165) is 31.6 Å². The molecule has 2 aromatic rings. The van der Waals surface area contributed by atoms with Crippen molar-refractivity contribution in [1.29, 1.82) is 0 Å². The van der Waals surface area contributed by atoms with Crippen LogP contribution in [0.4, 0.5) is 0 Å². The first-order valence-electron chi connectivity index (χ1n) is 7.71. The summed E-state index contributed by atoms with van der Waals surface area (Å²) >= 11 is 0. The summed E-state index contributed by atoms with van der Waals surface area (Å²) in [6.45, 7) is 4.78. The van der Waals surface area contributed by atoms with Crippen LogP contribution in [-0.2, 0) is 12.8 Å². The predicted molar refractivity (Wildman–Crippen MR) is 86.2 cm³/mol. The Balaban J connectivity index is 1.78. The highest BCUT2D eigenvalue weighted by Gasteiger charge is 2.22. The lowest BCUT2D eigenvalue weighted by molar-refractivity contribution is 0.211. The molecule has 3 heteroatoms. The van der Waals surface area contributed by atoms with Crippen LogP contribution in [0.15, 0.2) is 42.6 Å². The maximum atomic E-state index is 6.06. The molecule has 1 atom stereocenters. The minimum Gasteiger partial charge on any atom is -0.329 e. The van der Waals surface area contributed by atoms with Crippen molar-refractivity contribution in [2.75, 3.05) is 19.6 Å². The van der Waals surface area contributed by atoms with Gasteiger partial charge >= 0.3 is 0 Å². The van der Waals surface area contributed by atoms with Gasteiger partial charge in [0.05, 0.1) is 0 Å². The molecular weight excluding hydrogens is 258 g/mol. The van der Waals surface area contributed by atoms with Gasteiger partial charge in [0.1, 0.15) is 0 Å². The molecule has 110 valence electrons. The molecule has 3 nitrogen and oxygen atoms in total. The minimum absolute atomic E-state index is 0.271. The third-order valence-electron chi connectivity index (χ3n) is 4.44. The SMILES string of the molecule is Cc1ccc(C(CN)N2CCc3ccccc3CC2)cn1. The van der Waals surface area contributed by atoms with Crippen LogP contribution in [0.25, 0.3) is 0 Å². The Morgan fingerprint density at radius 3 is 2.29 bits per heavy atom. The molecule has 0 bridgehead atoms. The number of hydrogen-bond donors (Lipinski definition) is 1. The van der Waals surface area contributed by atoms with Crippen molar-refractivity contribution in [3.05, 3.63) is 65.0 Å². The number of fused-ring (bicyclic) bond motifs is 1. The fraction of sp³-hybridized carbons (Fsp3) is 0.389. The van der Waals surface area contributed by atoms with Crippen molar-refractivity contribution in [2.45, 2.75) is 25.8 Å². The van der Waals surface area contributed by atoms with Crippen molar-refractivity contribution < 1.29 is 0 Å². The molecular formula is C18H23N3. The van der Waals surface area contributed by atoms with Gasteiger partial charge in [-0.15, -0.1) is 0 Å². The largest absolute Gasteiger partial charge is 0.329 e. The number of hydrogen-bond acceptors (Lipinski definition) is 3. The van der Waals surface area contributed by atoms with Crippen LogP contribution in [-0.4, -0.2) is 29.5 Å². The second-order valence-corrected chi connectivity index (χ2v) is 5.79. The quantitative estimate of drug-likeness (QED) is 0.940. The number of nitrogens with zero attached hydrogens (tertiary/aromatic N) is 2. The number of benzene rings is 1. The molecule has 1 unspecified atom stereocenters. The highest BCUT2D eigenvalue weighted by atomic mass is 15.2. The van der Waals surface area contributed by atoms with Crippen molar-refractivity contribution in [1.82, 2.24) is 9.88 Å². The minimum atomic E-state index is 0.271. The van der Waals surface area contributed by atoms with Gasteiger partial charge in [-0.25, -0.2) is 0 Å². The number of pyridine rings is 1. The average Bonchev–Trinajstić information content (AvgIpc) is 2.73. The fourth-order valence-electron chi connectivity index (χ4n) is 3.17. The Morgan fingerprint density at radius 1 is 1.10 bits per heavy atom. The standard InChI is InChI=1S/C18H23N3/c1-14-6-7-17(13-20-14)18(12-19)21-10-8-15-4-2-3-5-16(15)9-11-21/h2-7,13,18H,8-12,19H2,1H3. The third-order valence-corrected chi connectivity index (χ3v) is 4.44. The second kappa shape index (κ2) is 6.37. The predicted octanol–water partition coefficient (Wildman–Crippen LogP) is 2.49. The van der Waals surface area contributed by atoms with E-state index in [1.165, 1.54) is 16.7 Å². The number of nitrogens with two attached hydrogens (primary N) is 1. The van der Waals surface area contributed by atoms with Crippen LogP contribution in [0.3, 0.4) is 0 Å². The molecule has 0 spiro atoms. The van der Waals surface area contributed by atoms with Gasteiger partial charge in [0.25, 0.3) is 0 Å². The summed E-state index contributed by atoms with van der Waals surface area (Å²) in [6, 6.07) is 13.3. The van der Waals surface area contributed by atoms with E-state index >= 15 is 0 Å². The Labute approximate surface area is 126 Å². The van der Waals surface area contributed by atoms with Crippen LogP contribution in [0, 0.1) is 6.92 Å². The molecule has 21 heavy (non-hydrogen) atoms. The van der Waals surface area contributed by atoms with Crippen molar-refractivity contribution in [3.8, 4) is 0 Å². The van der Waals surface area contributed by atoms with Gasteiger partial charge in [0.15, 0.2) is 0 Å². The first-order chi connectivity index (χ1) is 10.3. The summed E-state index contributed by atoms with van der Waals surface area (Å²) in [4.78, 5) is 6.93. The van der Waals surface area contributed by atoms with E-state index in [2.05, 4.69) is 46.3 Å². The molecule has 1 aromatic carbocycles. The molecule has 1 aliphatic heterocycles. The maximum absolute atomic E-state index is 6.06. The first kappa shape index (κ1) is 14.2. The van der Waals surface area contributed by atoms with Crippen molar-refractivity contribution in [2.24, 2.45) is 5.73 Å². The summed E-state index contributed by atoms with van der Waals surface area (Å²) in [5.41, 5.74) is 11.3. The smallest absolute Gasteiger partial charge is 0.0485 e. The van der Waals surface area contributed by atoms with Crippen molar-refractivity contribution >= 4 is 0 Å². The van der Waals surface area contributed by atoms with Gasteiger partial charge in [-0.2, -0.15) is 0 Å². The topological polar surface area (TPSA) is 42.1 Å². The maximum Gasteiger partial charge on any atom is 0.0485 e. The molecule has 2 N–H and O–H groups in total. The highest BCUT2D eigenvalue weighted by Crippen LogP contribution is 2.23. The lowest BCUT2D eigenvalue weighted by Crippen LogP contribution is -2.35. The van der Waals surface area contributed by atoms with E-state index in [1.807, 2.05) is 13.1 Å². The molecule has 3 rings (SSSR count). The van der Waals surface area contributed by atoms with Gasteiger partial charge in [-0.1, -0.05) is 30.3 Å². The van der Waals surface area contributed by atoms with Gasteiger partial charge < -0.3 is 5.73 Å². The van der Waals surface area contributed by atoms with Crippen LogP contribution < -0.4 is 5.73 Å².